The maximum atomic E-state index is 12.2. The third-order valence-electron chi connectivity index (χ3n) is 3.71. The molecule has 0 saturated carbocycles. The van der Waals surface area contributed by atoms with Gasteiger partial charge in [0, 0.05) is 26.7 Å². The molecule has 0 aliphatic carbocycles. The van der Waals surface area contributed by atoms with Crippen LogP contribution in [-0.2, 0) is 14.8 Å². The van der Waals surface area contributed by atoms with Gasteiger partial charge in [-0.3, -0.25) is 0 Å². The van der Waals surface area contributed by atoms with Crippen molar-refractivity contribution in [3.63, 3.8) is 0 Å². The van der Waals surface area contributed by atoms with Crippen LogP contribution in [0.25, 0.3) is 0 Å². The van der Waals surface area contributed by atoms with Gasteiger partial charge in [-0.05, 0) is 38.0 Å². The summed E-state index contributed by atoms with van der Waals surface area (Å²) in [5.41, 5.74) is 7.10. The quantitative estimate of drug-likeness (QED) is 0.805. The Kier molecular flexibility index (Phi) is 4.75. The normalized spacial score (nSPS) is 20.7. The molecular weight excluding hydrogens is 290 g/mol. The van der Waals surface area contributed by atoms with Crippen molar-refractivity contribution >= 4 is 21.4 Å². The van der Waals surface area contributed by atoms with Gasteiger partial charge < -0.3 is 15.8 Å². The maximum Gasteiger partial charge on any atom is 0.242 e. The van der Waals surface area contributed by atoms with Crippen LogP contribution in [-0.4, -0.2) is 45.6 Å². The van der Waals surface area contributed by atoms with Gasteiger partial charge in [0.05, 0.1) is 22.4 Å². The monoisotopic (exact) mass is 313 g/mol. The summed E-state index contributed by atoms with van der Waals surface area (Å²) in [7, 11) is -0.449. The molecule has 7 heteroatoms. The molecule has 0 amide bonds. The van der Waals surface area contributed by atoms with Crippen molar-refractivity contribution in [3.05, 3.63) is 18.2 Å². The minimum absolute atomic E-state index is 0.0760. The highest BCUT2D eigenvalue weighted by Gasteiger charge is 2.24. The van der Waals surface area contributed by atoms with E-state index in [4.69, 9.17) is 10.5 Å². The molecule has 1 aromatic rings. The molecule has 1 saturated heterocycles. The molecule has 21 heavy (non-hydrogen) atoms. The number of sulfonamides is 1. The summed E-state index contributed by atoms with van der Waals surface area (Å²) in [5, 5.41) is 3.27. The molecule has 0 aromatic heterocycles. The molecule has 2 atom stereocenters. The van der Waals surface area contributed by atoms with Gasteiger partial charge in [0.25, 0.3) is 0 Å². The fourth-order valence-electron chi connectivity index (χ4n) is 2.37. The highest BCUT2D eigenvalue weighted by Crippen LogP contribution is 2.26. The fraction of sp³-hybridized carbons (Fsp3) is 0.571. The summed E-state index contributed by atoms with van der Waals surface area (Å²) >= 11 is 0. The summed E-state index contributed by atoms with van der Waals surface area (Å²) < 4.78 is 31.2. The lowest BCUT2D eigenvalue weighted by Crippen LogP contribution is -2.30. The number of benzene rings is 1. The van der Waals surface area contributed by atoms with Crippen LogP contribution in [0.15, 0.2) is 23.1 Å². The topological polar surface area (TPSA) is 84.7 Å². The summed E-state index contributed by atoms with van der Waals surface area (Å²) in [5.74, 6) is 0. The number of nitrogens with one attached hydrogen (secondary N) is 1. The van der Waals surface area contributed by atoms with Crippen LogP contribution in [0.5, 0.6) is 0 Å². The maximum absolute atomic E-state index is 12.2. The second-order valence-electron chi connectivity index (χ2n) is 5.52. The van der Waals surface area contributed by atoms with E-state index in [2.05, 4.69) is 5.32 Å². The number of nitrogens with two attached hydrogens (primary N) is 1. The zero-order chi connectivity index (χ0) is 15.6. The van der Waals surface area contributed by atoms with Crippen LogP contribution in [0.2, 0.25) is 0 Å². The van der Waals surface area contributed by atoms with Crippen LogP contribution in [0.1, 0.15) is 19.8 Å². The van der Waals surface area contributed by atoms with E-state index >= 15 is 0 Å². The zero-order valence-corrected chi connectivity index (χ0v) is 13.5. The highest BCUT2D eigenvalue weighted by atomic mass is 32.2. The van der Waals surface area contributed by atoms with Gasteiger partial charge in [-0.15, -0.1) is 0 Å². The van der Waals surface area contributed by atoms with Gasteiger partial charge in [0.1, 0.15) is 0 Å². The Morgan fingerprint density at radius 2 is 2.14 bits per heavy atom. The molecular formula is C14H23N3O3S. The lowest BCUT2D eigenvalue weighted by atomic mass is 10.1. The summed E-state index contributed by atoms with van der Waals surface area (Å²) in [6.45, 7) is 2.80. The highest BCUT2D eigenvalue weighted by molar-refractivity contribution is 7.89. The van der Waals surface area contributed by atoms with Gasteiger partial charge >= 0.3 is 0 Å². The molecule has 0 spiro atoms. The zero-order valence-electron chi connectivity index (χ0n) is 12.7. The van der Waals surface area contributed by atoms with Crippen molar-refractivity contribution in [2.24, 2.45) is 0 Å². The molecule has 6 nitrogen and oxygen atoms in total. The lowest BCUT2D eigenvalue weighted by Gasteiger charge is -2.22. The first-order valence-corrected chi connectivity index (χ1v) is 8.46. The summed E-state index contributed by atoms with van der Waals surface area (Å²) in [6, 6.07) is 4.79. The number of anilines is 2. The van der Waals surface area contributed by atoms with Gasteiger partial charge in [0.2, 0.25) is 10.0 Å². The second-order valence-corrected chi connectivity index (χ2v) is 7.67. The molecule has 1 heterocycles. The average Bonchev–Trinajstić information content (AvgIpc) is 2.94. The number of rotatable bonds is 5. The van der Waals surface area contributed by atoms with E-state index < -0.39 is 10.0 Å². The van der Waals surface area contributed by atoms with Crippen molar-refractivity contribution in [1.29, 1.82) is 0 Å². The minimum Gasteiger partial charge on any atom is -0.397 e. The van der Waals surface area contributed by atoms with E-state index in [0.29, 0.717) is 11.4 Å². The Labute approximate surface area is 126 Å². The fourth-order valence-corrected chi connectivity index (χ4v) is 3.30. The Hall–Kier alpha value is -1.31. The van der Waals surface area contributed by atoms with Crippen LogP contribution < -0.4 is 11.1 Å². The van der Waals surface area contributed by atoms with Crippen LogP contribution in [0.3, 0.4) is 0 Å². The molecule has 2 rings (SSSR count). The van der Waals surface area contributed by atoms with E-state index in [9.17, 15) is 8.42 Å². The van der Waals surface area contributed by atoms with E-state index in [1.54, 1.807) is 12.1 Å². The number of nitrogens with zero attached hydrogens (tertiary/aromatic N) is 1. The van der Waals surface area contributed by atoms with Gasteiger partial charge in [-0.1, -0.05) is 0 Å². The van der Waals surface area contributed by atoms with E-state index in [1.807, 2.05) is 6.92 Å². The first-order chi connectivity index (χ1) is 9.82. The molecule has 0 radical (unpaired) electrons. The SMILES string of the molecule is CC(Nc1cc(S(=O)(=O)N(C)C)ccc1N)C1CCCO1. The van der Waals surface area contributed by atoms with Gasteiger partial charge in [-0.25, -0.2) is 12.7 Å². The Bertz CT molecular complexity index is 595. The van der Waals surface area contributed by atoms with Crippen LogP contribution in [0.4, 0.5) is 11.4 Å². The number of ether oxygens (including phenoxy) is 1. The number of hydrogen-bond donors (Lipinski definition) is 2. The standard InChI is InChI=1S/C14H23N3O3S/c1-10(14-5-4-8-20-14)16-13-9-11(6-7-12(13)15)21(18,19)17(2)3/h6-7,9-10,14,16H,4-5,8,15H2,1-3H3. The second kappa shape index (κ2) is 6.21. The van der Waals surface area contributed by atoms with Gasteiger partial charge in [0.15, 0.2) is 0 Å². The molecule has 1 aliphatic rings. The largest absolute Gasteiger partial charge is 0.397 e. The van der Waals surface area contributed by atoms with Crippen molar-refractivity contribution in [2.75, 3.05) is 31.8 Å². The van der Waals surface area contributed by atoms with E-state index in [1.165, 1.54) is 24.5 Å². The lowest BCUT2D eigenvalue weighted by molar-refractivity contribution is 0.0997. The van der Waals surface area contributed by atoms with Crippen molar-refractivity contribution in [3.8, 4) is 0 Å². The number of hydrogen-bond acceptors (Lipinski definition) is 5. The smallest absolute Gasteiger partial charge is 0.242 e. The van der Waals surface area contributed by atoms with E-state index in [0.717, 1.165) is 19.4 Å². The molecule has 2 unspecified atom stereocenters. The third kappa shape index (κ3) is 3.48. The van der Waals surface area contributed by atoms with Gasteiger partial charge in [-0.2, -0.15) is 0 Å². The van der Waals surface area contributed by atoms with Crippen molar-refractivity contribution < 1.29 is 13.2 Å². The molecule has 3 N–H and O–H groups in total. The third-order valence-corrected chi connectivity index (χ3v) is 5.52. The summed E-state index contributed by atoms with van der Waals surface area (Å²) in [4.78, 5) is 0.226. The molecule has 1 fully saturated rings. The molecule has 1 aromatic carbocycles. The molecule has 0 bridgehead atoms. The Morgan fingerprint density at radius 3 is 2.71 bits per heavy atom. The average molecular weight is 313 g/mol. The predicted octanol–water partition coefficient (Wildman–Crippen LogP) is 1.50. The predicted molar refractivity (Wildman–Crippen MR) is 83.8 cm³/mol. The van der Waals surface area contributed by atoms with E-state index in [-0.39, 0.29) is 17.0 Å². The summed E-state index contributed by atoms with van der Waals surface area (Å²) in [6.07, 6.45) is 2.20. The first-order valence-electron chi connectivity index (χ1n) is 7.02. The minimum atomic E-state index is -3.46. The Morgan fingerprint density at radius 1 is 1.43 bits per heavy atom. The first kappa shape index (κ1) is 16.1. The van der Waals surface area contributed by atoms with Crippen molar-refractivity contribution in [1.82, 2.24) is 4.31 Å². The molecule has 118 valence electrons. The van der Waals surface area contributed by atoms with Crippen LogP contribution >= 0.6 is 0 Å². The van der Waals surface area contributed by atoms with Crippen LogP contribution in [0, 0.1) is 0 Å². The Balaban J connectivity index is 2.23. The van der Waals surface area contributed by atoms with Crippen molar-refractivity contribution in [2.45, 2.75) is 36.8 Å². The molecule has 1 aliphatic heterocycles. The number of nitrogen functional groups attached to an aromatic ring is 1.